The monoisotopic (exact) mass is 429 g/mol. The van der Waals surface area contributed by atoms with Crippen molar-refractivity contribution in [1.29, 1.82) is 0 Å². The predicted molar refractivity (Wildman–Crippen MR) is 108 cm³/mol. The van der Waals surface area contributed by atoms with Crippen molar-refractivity contribution in [2.45, 2.75) is 27.3 Å². The molecule has 6 nitrogen and oxygen atoms in total. The number of hydrogen-bond acceptors (Lipinski definition) is 4. The molecule has 0 aliphatic carbocycles. The Kier molecular flexibility index (Phi) is 5.32. The number of fused-ring (bicyclic) bond motifs is 1. The molecule has 0 saturated carbocycles. The van der Waals surface area contributed by atoms with Gasteiger partial charge in [0.2, 0.25) is 5.88 Å². The molecule has 0 atom stereocenters. The number of phenolic OH excluding ortho intramolecular Hbond substituents is 1. The molecule has 0 saturated heterocycles. The second kappa shape index (κ2) is 7.52. The number of benzene rings is 2. The van der Waals surface area contributed by atoms with E-state index in [9.17, 15) is 15.0 Å². The number of aromatic hydroxyl groups is 2. The van der Waals surface area contributed by atoms with Gasteiger partial charge in [-0.2, -0.15) is 0 Å². The molecule has 140 valence electrons. The Morgan fingerprint density at radius 3 is 2.63 bits per heavy atom. The first-order valence-corrected chi connectivity index (χ1v) is 9.33. The van der Waals surface area contributed by atoms with Gasteiger partial charge >= 0.3 is 0 Å². The summed E-state index contributed by atoms with van der Waals surface area (Å²) in [7, 11) is 0. The van der Waals surface area contributed by atoms with Crippen LogP contribution in [0.3, 0.4) is 0 Å². The van der Waals surface area contributed by atoms with Crippen molar-refractivity contribution in [2.75, 3.05) is 0 Å². The third kappa shape index (κ3) is 3.88. The molecule has 0 spiro atoms. The standard InChI is InChI=1S/C20H20BrN3O3/c1-11(2)10-24-16-6-4-12(3)8-14(16)18(20(24)27)22-23-19(26)15-9-13(21)5-7-17(15)25/h4-9,11,25,27H,10H2,1-3H3. The van der Waals surface area contributed by atoms with Gasteiger partial charge in [0.15, 0.2) is 5.69 Å². The van der Waals surface area contributed by atoms with E-state index in [0.717, 1.165) is 16.5 Å². The van der Waals surface area contributed by atoms with Crippen LogP contribution in [-0.2, 0) is 6.54 Å². The minimum absolute atomic E-state index is 0.0284. The Morgan fingerprint density at radius 1 is 1.19 bits per heavy atom. The fraction of sp³-hybridized carbons (Fsp3) is 0.250. The predicted octanol–water partition coefficient (Wildman–Crippen LogP) is 5.70. The number of halogens is 1. The van der Waals surface area contributed by atoms with Crippen LogP contribution >= 0.6 is 15.9 Å². The summed E-state index contributed by atoms with van der Waals surface area (Å²) in [5, 5.41) is 29.0. The minimum Gasteiger partial charge on any atom is -0.507 e. The molecule has 0 unspecified atom stereocenters. The van der Waals surface area contributed by atoms with Gasteiger partial charge < -0.3 is 14.8 Å². The summed E-state index contributed by atoms with van der Waals surface area (Å²) < 4.78 is 2.42. The number of amides is 1. The lowest BCUT2D eigenvalue weighted by Crippen LogP contribution is -2.03. The van der Waals surface area contributed by atoms with Crippen molar-refractivity contribution in [3.63, 3.8) is 0 Å². The Bertz CT molecular complexity index is 1050. The van der Waals surface area contributed by atoms with Crippen LogP contribution in [0.15, 0.2) is 51.1 Å². The maximum Gasteiger partial charge on any atom is 0.299 e. The molecule has 0 aliphatic heterocycles. The maximum atomic E-state index is 12.4. The van der Waals surface area contributed by atoms with Crippen molar-refractivity contribution in [2.24, 2.45) is 16.1 Å². The van der Waals surface area contributed by atoms with E-state index in [1.54, 1.807) is 10.6 Å². The lowest BCUT2D eigenvalue weighted by Gasteiger charge is -2.09. The highest BCUT2D eigenvalue weighted by atomic mass is 79.9. The van der Waals surface area contributed by atoms with E-state index in [1.165, 1.54) is 12.1 Å². The molecule has 0 fully saturated rings. The molecule has 3 aromatic rings. The van der Waals surface area contributed by atoms with Crippen molar-refractivity contribution >= 4 is 38.4 Å². The maximum absolute atomic E-state index is 12.4. The van der Waals surface area contributed by atoms with Crippen molar-refractivity contribution < 1.29 is 15.0 Å². The Hall–Kier alpha value is -2.67. The first kappa shape index (κ1) is 19.1. The topological polar surface area (TPSA) is 87.2 Å². The second-order valence-corrected chi connectivity index (χ2v) is 7.78. The second-order valence-electron chi connectivity index (χ2n) is 6.86. The smallest absolute Gasteiger partial charge is 0.299 e. The highest BCUT2D eigenvalue weighted by Crippen LogP contribution is 2.40. The summed E-state index contributed by atoms with van der Waals surface area (Å²) in [5.41, 5.74) is 2.13. The molecule has 2 N–H and O–H groups in total. The van der Waals surface area contributed by atoms with E-state index in [1.807, 2.05) is 25.1 Å². The lowest BCUT2D eigenvalue weighted by atomic mass is 10.1. The van der Waals surface area contributed by atoms with Crippen molar-refractivity contribution in [3.8, 4) is 11.6 Å². The highest BCUT2D eigenvalue weighted by molar-refractivity contribution is 9.10. The molecular weight excluding hydrogens is 410 g/mol. The number of rotatable bonds is 4. The van der Waals surface area contributed by atoms with Gasteiger partial charge in [-0.25, -0.2) is 0 Å². The molecule has 1 amide bonds. The summed E-state index contributed by atoms with van der Waals surface area (Å²) in [6.07, 6.45) is 0. The molecule has 2 aromatic carbocycles. The third-order valence-electron chi connectivity index (χ3n) is 4.14. The van der Waals surface area contributed by atoms with E-state index in [2.05, 4.69) is 40.0 Å². The van der Waals surface area contributed by atoms with Gasteiger partial charge in [0, 0.05) is 16.4 Å². The zero-order valence-electron chi connectivity index (χ0n) is 15.3. The molecule has 0 bridgehead atoms. The first-order chi connectivity index (χ1) is 12.8. The molecule has 0 aliphatic rings. The number of hydrogen-bond donors (Lipinski definition) is 2. The SMILES string of the molecule is Cc1ccc2c(c1)c(N=NC(=O)c1cc(Br)ccc1O)c(O)n2CC(C)C. The molecular formula is C20H20BrN3O3. The Labute approximate surface area is 165 Å². The van der Waals surface area contributed by atoms with Crippen LogP contribution in [0.1, 0.15) is 29.8 Å². The third-order valence-corrected chi connectivity index (χ3v) is 4.64. The van der Waals surface area contributed by atoms with Gasteiger partial charge in [-0.05, 0) is 43.2 Å². The number of azo groups is 1. The van der Waals surface area contributed by atoms with Crippen LogP contribution in [0.2, 0.25) is 0 Å². The molecule has 0 radical (unpaired) electrons. The van der Waals surface area contributed by atoms with Crippen LogP contribution in [0, 0.1) is 12.8 Å². The van der Waals surface area contributed by atoms with E-state index >= 15 is 0 Å². The van der Waals surface area contributed by atoms with E-state index in [-0.39, 0.29) is 22.9 Å². The van der Waals surface area contributed by atoms with Crippen LogP contribution < -0.4 is 0 Å². The Morgan fingerprint density at radius 2 is 1.93 bits per heavy atom. The average Bonchev–Trinajstić information content (AvgIpc) is 2.85. The largest absolute Gasteiger partial charge is 0.507 e. The van der Waals surface area contributed by atoms with Gasteiger partial charge in [0.05, 0.1) is 11.1 Å². The van der Waals surface area contributed by atoms with Gasteiger partial charge in [-0.3, -0.25) is 4.79 Å². The van der Waals surface area contributed by atoms with Gasteiger partial charge in [-0.1, -0.05) is 41.4 Å². The number of aromatic nitrogens is 1. The average molecular weight is 430 g/mol. The Balaban J connectivity index is 2.07. The van der Waals surface area contributed by atoms with Crippen molar-refractivity contribution in [1.82, 2.24) is 4.57 Å². The number of carbonyl (C=O) groups is 1. The van der Waals surface area contributed by atoms with Crippen LogP contribution in [0.4, 0.5) is 5.69 Å². The first-order valence-electron chi connectivity index (χ1n) is 8.54. The number of aryl methyl sites for hydroxylation is 1. The fourth-order valence-corrected chi connectivity index (χ4v) is 3.28. The minimum atomic E-state index is -0.689. The quantitative estimate of drug-likeness (QED) is 0.521. The zero-order chi connectivity index (χ0) is 19.7. The summed E-state index contributed by atoms with van der Waals surface area (Å²) >= 11 is 3.26. The summed E-state index contributed by atoms with van der Waals surface area (Å²) in [5.74, 6) is -0.577. The number of phenols is 1. The number of nitrogens with zero attached hydrogens (tertiary/aromatic N) is 3. The van der Waals surface area contributed by atoms with E-state index in [4.69, 9.17) is 0 Å². The summed E-state index contributed by atoms with van der Waals surface area (Å²) in [4.78, 5) is 12.4. The van der Waals surface area contributed by atoms with Crippen LogP contribution in [0.25, 0.3) is 10.9 Å². The number of carbonyl (C=O) groups excluding carboxylic acids is 1. The normalized spacial score (nSPS) is 11.7. The molecule has 27 heavy (non-hydrogen) atoms. The lowest BCUT2D eigenvalue weighted by molar-refractivity contribution is 0.0992. The zero-order valence-corrected chi connectivity index (χ0v) is 16.9. The molecule has 3 rings (SSSR count). The summed E-state index contributed by atoms with van der Waals surface area (Å²) in [6, 6.07) is 10.3. The highest BCUT2D eigenvalue weighted by Gasteiger charge is 2.18. The van der Waals surface area contributed by atoms with Gasteiger partial charge in [0.25, 0.3) is 5.91 Å². The molecule has 1 heterocycles. The van der Waals surface area contributed by atoms with E-state index < -0.39 is 5.91 Å². The molecule has 7 heteroatoms. The summed E-state index contributed by atoms with van der Waals surface area (Å²) in [6.45, 7) is 6.67. The van der Waals surface area contributed by atoms with Crippen LogP contribution in [0.5, 0.6) is 11.6 Å². The van der Waals surface area contributed by atoms with Gasteiger partial charge in [0.1, 0.15) is 5.75 Å². The van der Waals surface area contributed by atoms with Crippen molar-refractivity contribution in [3.05, 3.63) is 52.0 Å². The van der Waals surface area contributed by atoms with Gasteiger partial charge in [-0.15, -0.1) is 10.2 Å². The van der Waals surface area contributed by atoms with E-state index in [0.29, 0.717) is 16.9 Å². The molecule has 1 aromatic heterocycles. The van der Waals surface area contributed by atoms with Crippen LogP contribution in [-0.4, -0.2) is 20.7 Å². The fourth-order valence-electron chi connectivity index (χ4n) is 2.91.